The van der Waals surface area contributed by atoms with Gasteiger partial charge in [0.2, 0.25) is 0 Å². The Morgan fingerprint density at radius 3 is 2.69 bits per heavy atom. The number of fused-ring (bicyclic) bond motifs is 1. The summed E-state index contributed by atoms with van der Waals surface area (Å²) in [5, 5.41) is 4.50. The molecular formula is C21H20N4O. The number of para-hydroxylation sites is 1. The summed E-state index contributed by atoms with van der Waals surface area (Å²) in [7, 11) is 0. The zero-order valence-corrected chi connectivity index (χ0v) is 14.8. The van der Waals surface area contributed by atoms with Crippen molar-refractivity contribution in [1.29, 1.82) is 0 Å². The summed E-state index contributed by atoms with van der Waals surface area (Å²) in [6, 6.07) is 13.6. The van der Waals surface area contributed by atoms with Crippen molar-refractivity contribution in [1.82, 2.24) is 14.8 Å². The van der Waals surface area contributed by atoms with Crippen molar-refractivity contribution in [2.45, 2.75) is 26.3 Å². The minimum atomic E-state index is -0.296. The molecule has 1 aliphatic carbocycles. The van der Waals surface area contributed by atoms with Gasteiger partial charge >= 0.3 is 0 Å². The monoisotopic (exact) mass is 344 g/mol. The summed E-state index contributed by atoms with van der Waals surface area (Å²) < 4.78 is 1.85. The molecule has 130 valence electrons. The number of ketones is 1. The van der Waals surface area contributed by atoms with Crippen molar-refractivity contribution in [3.63, 3.8) is 0 Å². The van der Waals surface area contributed by atoms with Crippen molar-refractivity contribution >= 4 is 12.0 Å². The third-order valence-corrected chi connectivity index (χ3v) is 4.78. The quantitative estimate of drug-likeness (QED) is 0.674. The van der Waals surface area contributed by atoms with Gasteiger partial charge in [-0.05, 0) is 18.2 Å². The van der Waals surface area contributed by atoms with Crippen LogP contribution in [0.15, 0.2) is 66.0 Å². The highest BCUT2D eigenvalue weighted by Crippen LogP contribution is 2.46. The summed E-state index contributed by atoms with van der Waals surface area (Å²) in [4.78, 5) is 21.6. The highest BCUT2D eigenvalue weighted by Gasteiger charge is 2.42. The first-order chi connectivity index (χ1) is 12.6. The molecule has 0 fully saturated rings. The van der Waals surface area contributed by atoms with Crippen LogP contribution in [0.2, 0.25) is 0 Å². The molecule has 0 bridgehead atoms. The van der Waals surface area contributed by atoms with Crippen LogP contribution in [0.1, 0.15) is 47.9 Å². The van der Waals surface area contributed by atoms with E-state index in [1.165, 1.54) is 0 Å². The molecule has 0 unspecified atom stereocenters. The predicted octanol–water partition coefficient (Wildman–Crippen LogP) is 4.04. The van der Waals surface area contributed by atoms with Gasteiger partial charge in [0, 0.05) is 36.0 Å². The molecule has 1 aromatic carbocycles. The van der Waals surface area contributed by atoms with Gasteiger partial charge in [-0.3, -0.25) is 14.8 Å². The van der Waals surface area contributed by atoms with Gasteiger partial charge in [0.05, 0.1) is 29.2 Å². The summed E-state index contributed by atoms with van der Waals surface area (Å²) >= 11 is 0. The second-order valence-electron chi connectivity index (χ2n) is 7.25. The molecule has 26 heavy (non-hydrogen) atoms. The lowest BCUT2D eigenvalue weighted by Crippen LogP contribution is -2.32. The van der Waals surface area contributed by atoms with Crippen LogP contribution in [0.3, 0.4) is 0 Å². The minimum absolute atomic E-state index is 0.125. The van der Waals surface area contributed by atoms with E-state index in [1.54, 1.807) is 18.6 Å². The van der Waals surface area contributed by atoms with E-state index in [2.05, 4.69) is 23.9 Å². The second kappa shape index (κ2) is 6.33. The second-order valence-corrected chi connectivity index (χ2v) is 7.25. The molecule has 1 aliphatic rings. The van der Waals surface area contributed by atoms with E-state index < -0.39 is 0 Å². The first-order valence-corrected chi connectivity index (χ1v) is 8.66. The fourth-order valence-corrected chi connectivity index (χ4v) is 3.47. The van der Waals surface area contributed by atoms with Gasteiger partial charge in [-0.15, -0.1) is 0 Å². The Bertz CT molecular complexity index is 958. The normalized spacial score (nSPS) is 18.8. The molecule has 3 aromatic rings. The summed E-state index contributed by atoms with van der Waals surface area (Å²) in [5.41, 5.74) is 3.10. The van der Waals surface area contributed by atoms with Crippen LogP contribution >= 0.6 is 0 Å². The third kappa shape index (κ3) is 2.86. The number of carbonyl (C=O) groups is 1. The van der Waals surface area contributed by atoms with Crippen molar-refractivity contribution in [3.05, 3.63) is 77.9 Å². The lowest BCUT2D eigenvalue weighted by atomic mass is 9.72. The molecule has 1 atom stereocenters. The molecular weight excluding hydrogens is 324 g/mol. The van der Waals surface area contributed by atoms with E-state index in [1.807, 2.05) is 53.4 Å². The number of nitrogens with zero attached hydrogens (tertiary/aromatic N) is 4. The maximum absolute atomic E-state index is 12.7. The number of rotatable bonds is 3. The Labute approximate surface area is 152 Å². The van der Waals surface area contributed by atoms with Gasteiger partial charge in [-0.25, -0.2) is 4.68 Å². The van der Waals surface area contributed by atoms with Crippen LogP contribution in [-0.2, 0) is 0 Å². The van der Waals surface area contributed by atoms with E-state index in [0.717, 1.165) is 16.9 Å². The number of hydrogen-bond acceptors (Lipinski definition) is 4. The van der Waals surface area contributed by atoms with Crippen LogP contribution in [0.25, 0.3) is 5.69 Å². The topological polar surface area (TPSA) is 60.1 Å². The fourth-order valence-electron chi connectivity index (χ4n) is 3.47. The van der Waals surface area contributed by atoms with E-state index in [4.69, 9.17) is 4.99 Å². The number of pyridine rings is 1. The van der Waals surface area contributed by atoms with Crippen LogP contribution in [0.4, 0.5) is 0 Å². The lowest BCUT2D eigenvalue weighted by molar-refractivity contribution is 0.0884. The molecule has 5 heteroatoms. The van der Waals surface area contributed by atoms with E-state index in [0.29, 0.717) is 12.0 Å². The average molecular weight is 344 g/mol. The first-order valence-electron chi connectivity index (χ1n) is 8.66. The molecule has 0 spiro atoms. The van der Waals surface area contributed by atoms with Gasteiger partial charge in [0.15, 0.2) is 5.78 Å². The number of carbonyl (C=O) groups excluding carboxylic acids is 1. The summed E-state index contributed by atoms with van der Waals surface area (Å²) in [6.45, 7) is 4.17. The Kier molecular flexibility index (Phi) is 3.99. The van der Waals surface area contributed by atoms with Gasteiger partial charge in [-0.2, -0.15) is 5.10 Å². The number of hydrogen-bond donors (Lipinski definition) is 0. The summed E-state index contributed by atoms with van der Waals surface area (Å²) in [6.07, 6.45) is 7.48. The van der Waals surface area contributed by atoms with Crippen LogP contribution < -0.4 is 0 Å². The smallest absolute Gasteiger partial charge is 0.167 e. The average Bonchev–Trinajstić information content (AvgIpc) is 3.08. The minimum Gasteiger partial charge on any atom is -0.294 e. The molecule has 2 aromatic heterocycles. The third-order valence-electron chi connectivity index (χ3n) is 4.78. The zero-order chi connectivity index (χ0) is 18.1. The number of Topliss-reactive ketones (excluding diaryl/α,β-unsaturated/α-hetero) is 1. The lowest BCUT2D eigenvalue weighted by Gasteiger charge is -2.35. The maximum Gasteiger partial charge on any atom is 0.167 e. The Morgan fingerprint density at radius 1 is 1.15 bits per heavy atom. The predicted molar refractivity (Wildman–Crippen MR) is 101 cm³/mol. The van der Waals surface area contributed by atoms with E-state index in [-0.39, 0.29) is 17.2 Å². The molecule has 0 saturated heterocycles. The first kappa shape index (κ1) is 16.4. The van der Waals surface area contributed by atoms with Crippen molar-refractivity contribution in [3.8, 4) is 5.69 Å². The molecule has 0 radical (unpaired) electrons. The van der Waals surface area contributed by atoms with Gasteiger partial charge in [0.25, 0.3) is 0 Å². The zero-order valence-electron chi connectivity index (χ0n) is 14.8. The standard InChI is InChI=1S/C21H20N4O/c1-21(2)11-18(26)17-14-24-25(16-8-4-3-5-9-16)19(17)20(21)23-13-15-7-6-10-22-12-15/h3-10,12-14,20H,11H2,1-2H3/t20-/m0/s1. The Hall–Kier alpha value is -3.08. The van der Waals surface area contributed by atoms with E-state index >= 15 is 0 Å². The Balaban J connectivity index is 1.84. The fraction of sp³-hybridized carbons (Fsp3) is 0.238. The van der Waals surface area contributed by atoms with E-state index in [9.17, 15) is 4.79 Å². The van der Waals surface area contributed by atoms with Crippen molar-refractivity contribution in [2.24, 2.45) is 10.4 Å². The van der Waals surface area contributed by atoms with Crippen LogP contribution in [-0.4, -0.2) is 26.8 Å². The maximum atomic E-state index is 12.7. The highest BCUT2D eigenvalue weighted by atomic mass is 16.1. The number of benzene rings is 1. The number of aliphatic imine (C=N–C) groups is 1. The van der Waals surface area contributed by atoms with Gasteiger partial charge in [-0.1, -0.05) is 38.1 Å². The van der Waals surface area contributed by atoms with Crippen LogP contribution in [0.5, 0.6) is 0 Å². The molecule has 0 N–H and O–H groups in total. The molecule has 0 saturated carbocycles. The van der Waals surface area contributed by atoms with Gasteiger partial charge in [0.1, 0.15) is 0 Å². The number of aromatic nitrogens is 3. The summed E-state index contributed by atoms with van der Waals surface area (Å²) in [5.74, 6) is 0.125. The SMILES string of the molecule is CC1(C)CC(=O)c2cnn(-c3ccccc3)c2[C@@H]1N=Cc1cccnc1. The Morgan fingerprint density at radius 2 is 1.96 bits per heavy atom. The van der Waals surface area contributed by atoms with Crippen molar-refractivity contribution in [2.75, 3.05) is 0 Å². The molecule has 4 rings (SSSR count). The molecule has 5 nitrogen and oxygen atoms in total. The molecule has 0 amide bonds. The largest absolute Gasteiger partial charge is 0.294 e. The van der Waals surface area contributed by atoms with Crippen LogP contribution in [0, 0.1) is 5.41 Å². The molecule has 0 aliphatic heterocycles. The molecule has 2 heterocycles. The van der Waals surface area contributed by atoms with Crippen molar-refractivity contribution < 1.29 is 4.79 Å². The van der Waals surface area contributed by atoms with Gasteiger partial charge < -0.3 is 0 Å². The highest BCUT2D eigenvalue weighted by molar-refractivity contribution is 5.99.